The molecule has 4 aromatic rings. The Morgan fingerprint density at radius 2 is 0.754 bits per heavy atom. The van der Waals surface area contributed by atoms with Crippen LogP contribution in [0.5, 0.6) is 11.5 Å². The summed E-state index contributed by atoms with van der Waals surface area (Å²) in [5, 5.41) is 0. The van der Waals surface area contributed by atoms with Crippen molar-refractivity contribution in [3.05, 3.63) is 108 Å². The van der Waals surface area contributed by atoms with Crippen LogP contribution in [0.15, 0.2) is 97.1 Å². The fraction of sp³-hybridized carbons (Fsp3) is 0.525. The fourth-order valence-corrected chi connectivity index (χ4v) is 8.86. The number of ether oxygens (including phenoxy) is 2. The van der Waals surface area contributed by atoms with E-state index in [0.29, 0.717) is 11.8 Å². The van der Waals surface area contributed by atoms with Crippen molar-refractivity contribution in [2.75, 3.05) is 13.2 Å². The molecule has 2 heteroatoms. The van der Waals surface area contributed by atoms with Crippen molar-refractivity contribution in [1.82, 2.24) is 0 Å². The normalized spacial score (nSPS) is 18.4. The van der Waals surface area contributed by atoms with Crippen molar-refractivity contribution in [3.63, 3.8) is 0 Å². The molecule has 0 N–H and O–H groups in total. The summed E-state index contributed by atoms with van der Waals surface area (Å²) in [4.78, 5) is 0. The van der Waals surface area contributed by atoms with Crippen molar-refractivity contribution < 1.29 is 9.47 Å². The molecule has 0 unspecified atom stereocenters. The first-order valence-corrected chi connectivity index (χ1v) is 24.8. The number of hydrogen-bond donors (Lipinski definition) is 0. The molecular weight excluding hydrogens is 741 g/mol. The molecule has 2 aliphatic carbocycles. The average molecular weight is 819 g/mol. The molecule has 2 saturated carbocycles. The molecule has 0 radical (unpaired) electrons. The maximum absolute atomic E-state index is 5.89. The summed E-state index contributed by atoms with van der Waals surface area (Å²) in [5.74, 6) is 18.9. The zero-order chi connectivity index (χ0) is 42.7. The van der Waals surface area contributed by atoms with Crippen LogP contribution in [0.3, 0.4) is 0 Å². The van der Waals surface area contributed by atoms with Gasteiger partial charge in [-0.3, -0.25) is 0 Å². The molecular formula is C59H78O2. The first kappa shape index (κ1) is 47.6. The maximum Gasteiger partial charge on any atom is 0.119 e. The molecule has 0 heterocycles. The Bertz CT molecular complexity index is 1870. The molecule has 0 aliphatic heterocycles. The van der Waals surface area contributed by atoms with Gasteiger partial charge in [0.15, 0.2) is 0 Å². The molecule has 326 valence electrons. The lowest BCUT2D eigenvalue weighted by Gasteiger charge is -2.25. The van der Waals surface area contributed by atoms with Gasteiger partial charge in [0.2, 0.25) is 0 Å². The number of rotatable bonds is 19. The standard InChI is InChI=1S/C30H40O.C29H38O/c1-3-5-6-7-8-24-31-30-22-20-29(21-23-30)28-18-16-27(17-19-28)15-14-26-12-10-25(9-4-2)11-13-26;1-3-5-6-7-8-23-30-29-21-19-28(20-22-29)27-17-15-26(16-18-27)14-13-25-11-9-24(4-2)10-12-25/h16-23,25-26H,3-13,24H2,1-2H3;15-22,24-25H,3-12,23H2,1-2H3/t25-,26-;24-,25-. The summed E-state index contributed by atoms with van der Waals surface area (Å²) in [6, 6.07) is 34.3. The van der Waals surface area contributed by atoms with Crippen LogP contribution in [0.4, 0.5) is 0 Å². The van der Waals surface area contributed by atoms with E-state index in [4.69, 9.17) is 9.47 Å². The molecule has 0 saturated heterocycles. The summed E-state index contributed by atoms with van der Waals surface area (Å²) in [5.41, 5.74) is 7.17. The number of hydrogen-bond acceptors (Lipinski definition) is 2. The van der Waals surface area contributed by atoms with Crippen LogP contribution in [-0.2, 0) is 0 Å². The first-order chi connectivity index (χ1) is 30.1. The quantitative estimate of drug-likeness (QED) is 0.0693. The fourth-order valence-electron chi connectivity index (χ4n) is 8.86. The van der Waals surface area contributed by atoms with Crippen LogP contribution < -0.4 is 9.47 Å². The second-order valence-corrected chi connectivity index (χ2v) is 17.9. The summed E-state index contributed by atoms with van der Waals surface area (Å²) < 4.78 is 11.8. The molecule has 0 amide bonds. The lowest BCUT2D eigenvalue weighted by molar-refractivity contribution is 0.300. The van der Waals surface area contributed by atoms with E-state index >= 15 is 0 Å². The van der Waals surface area contributed by atoms with Gasteiger partial charge in [0, 0.05) is 23.0 Å². The Morgan fingerprint density at radius 1 is 0.393 bits per heavy atom. The van der Waals surface area contributed by atoms with E-state index in [2.05, 4.69) is 148 Å². The highest BCUT2D eigenvalue weighted by Gasteiger charge is 2.19. The predicted molar refractivity (Wildman–Crippen MR) is 262 cm³/mol. The van der Waals surface area contributed by atoms with E-state index in [0.717, 1.165) is 60.5 Å². The predicted octanol–water partition coefficient (Wildman–Crippen LogP) is 16.9. The lowest BCUT2D eigenvalue weighted by Crippen LogP contribution is -2.13. The van der Waals surface area contributed by atoms with Gasteiger partial charge in [0.1, 0.15) is 11.5 Å². The van der Waals surface area contributed by atoms with Gasteiger partial charge in [-0.15, -0.1) is 0 Å². The van der Waals surface area contributed by atoms with Gasteiger partial charge in [0.25, 0.3) is 0 Å². The maximum atomic E-state index is 5.89. The Hall–Kier alpha value is -4.40. The molecule has 0 bridgehead atoms. The molecule has 4 aromatic carbocycles. The molecule has 2 nitrogen and oxygen atoms in total. The second kappa shape index (κ2) is 28.2. The minimum absolute atomic E-state index is 0.590. The van der Waals surface area contributed by atoms with E-state index in [1.165, 1.54) is 144 Å². The smallest absolute Gasteiger partial charge is 0.119 e. The van der Waals surface area contributed by atoms with E-state index in [1.807, 2.05) is 0 Å². The summed E-state index contributed by atoms with van der Waals surface area (Å²) in [7, 11) is 0. The average Bonchev–Trinajstić information content (AvgIpc) is 3.31. The Kier molecular flexibility index (Phi) is 22.1. The number of benzene rings is 4. The highest BCUT2D eigenvalue weighted by Crippen LogP contribution is 2.32. The zero-order valence-corrected chi connectivity index (χ0v) is 38.6. The molecule has 61 heavy (non-hydrogen) atoms. The zero-order valence-electron chi connectivity index (χ0n) is 38.6. The molecule has 0 aromatic heterocycles. The second-order valence-electron chi connectivity index (χ2n) is 17.9. The van der Waals surface area contributed by atoms with Crippen LogP contribution >= 0.6 is 0 Å². The van der Waals surface area contributed by atoms with Gasteiger partial charge >= 0.3 is 0 Å². The van der Waals surface area contributed by atoms with Crippen LogP contribution in [0.1, 0.15) is 174 Å². The van der Waals surface area contributed by atoms with Crippen molar-refractivity contribution in [3.8, 4) is 57.4 Å². The molecule has 0 atom stereocenters. The van der Waals surface area contributed by atoms with Crippen molar-refractivity contribution in [2.45, 2.75) is 163 Å². The largest absolute Gasteiger partial charge is 0.494 e. The molecule has 6 rings (SSSR count). The highest BCUT2D eigenvalue weighted by atomic mass is 16.5. The Morgan fingerprint density at radius 3 is 1.11 bits per heavy atom. The van der Waals surface area contributed by atoms with E-state index in [9.17, 15) is 0 Å². The third kappa shape index (κ3) is 17.8. The van der Waals surface area contributed by atoms with Crippen LogP contribution in [0.25, 0.3) is 22.3 Å². The molecule has 0 spiro atoms. The van der Waals surface area contributed by atoms with E-state index in [-0.39, 0.29) is 0 Å². The van der Waals surface area contributed by atoms with Crippen molar-refractivity contribution >= 4 is 0 Å². The van der Waals surface area contributed by atoms with Crippen LogP contribution in [0, 0.1) is 47.4 Å². The van der Waals surface area contributed by atoms with Gasteiger partial charge in [-0.05, 0) is 147 Å². The molecule has 2 aliphatic rings. The third-order valence-corrected chi connectivity index (χ3v) is 13.0. The topological polar surface area (TPSA) is 18.5 Å². The first-order valence-electron chi connectivity index (χ1n) is 24.8. The van der Waals surface area contributed by atoms with E-state index in [1.54, 1.807) is 0 Å². The number of unbranched alkanes of at least 4 members (excludes halogenated alkanes) is 8. The van der Waals surface area contributed by atoms with Crippen LogP contribution in [0.2, 0.25) is 0 Å². The highest BCUT2D eigenvalue weighted by molar-refractivity contribution is 5.66. The molecule has 2 fully saturated rings. The summed E-state index contributed by atoms with van der Waals surface area (Å²) in [6.45, 7) is 10.7. The van der Waals surface area contributed by atoms with Gasteiger partial charge in [-0.1, -0.05) is 171 Å². The Balaban J connectivity index is 0.000000231. The minimum Gasteiger partial charge on any atom is -0.494 e. The summed E-state index contributed by atoms with van der Waals surface area (Å²) in [6.07, 6.45) is 27.3. The lowest BCUT2D eigenvalue weighted by atomic mass is 9.80. The van der Waals surface area contributed by atoms with Crippen molar-refractivity contribution in [2.24, 2.45) is 23.7 Å². The van der Waals surface area contributed by atoms with E-state index < -0.39 is 0 Å². The summed E-state index contributed by atoms with van der Waals surface area (Å²) >= 11 is 0. The van der Waals surface area contributed by atoms with Gasteiger partial charge in [0.05, 0.1) is 13.2 Å². The monoisotopic (exact) mass is 819 g/mol. The SMILES string of the molecule is CCCCCCCOc1ccc(-c2ccc(C#C[C@H]3CC[C@H](CC)CC3)cc2)cc1.CCCCCCCOc1ccc(-c2ccc(C#C[C@H]3CC[C@H](CCC)CC3)cc2)cc1. The van der Waals surface area contributed by atoms with Gasteiger partial charge in [-0.25, -0.2) is 0 Å². The van der Waals surface area contributed by atoms with Gasteiger partial charge in [-0.2, -0.15) is 0 Å². The Labute approximate surface area is 373 Å². The van der Waals surface area contributed by atoms with Crippen LogP contribution in [-0.4, -0.2) is 13.2 Å². The van der Waals surface area contributed by atoms with Crippen molar-refractivity contribution in [1.29, 1.82) is 0 Å². The minimum atomic E-state index is 0.590. The van der Waals surface area contributed by atoms with Gasteiger partial charge < -0.3 is 9.47 Å². The third-order valence-electron chi connectivity index (χ3n) is 13.0.